The van der Waals surface area contributed by atoms with Gasteiger partial charge in [0, 0.05) is 58.6 Å². The van der Waals surface area contributed by atoms with E-state index >= 15 is 0 Å². The Balaban J connectivity index is 0.00000306. The van der Waals surface area contributed by atoms with Crippen molar-refractivity contribution in [2.24, 2.45) is 12.0 Å². The SMILES string of the molecule is CN=C(NCc1ccccc1CN1CC(C)OC(C)C1)N1CCOC(c2cnn(C)c2)C1.I. The van der Waals surface area contributed by atoms with Crippen LogP contribution >= 0.6 is 24.0 Å². The quantitative estimate of drug-likeness (QED) is 0.340. The number of nitrogens with zero attached hydrogens (tertiary/aromatic N) is 5. The average Bonchev–Trinajstić information content (AvgIpc) is 3.21. The molecule has 4 rings (SSSR count). The highest BCUT2D eigenvalue weighted by atomic mass is 127. The standard InChI is InChI=1S/C24H36N6O2.HI/c1-18-13-29(14-19(2)32-18)16-21-8-6-5-7-20(21)11-26-24(25-3)30-9-10-31-23(17-30)22-12-27-28(4)15-22;/h5-8,12,15,18-19,23H,9-11,13-14,16-17H2,1-4H3,(H,25,26);1H. The summed E-state index contributed by atoms with van der Waals surface area (Å²) in [6.45, 7) is 10.2. The van der Waals surface area contributed by atoms with Crippen molar-refractivity contribution >= 4 is 29.9 Å². The minimum Gasteiger partial charge on any atom is -0.373 e. The van der Waals surface area contributed by atoms with Gasteiger partial charge in [-0.25, -0.2) is 0 Å². The highest BCUT2D eigenvalue weighted by molar-refractivity contribution is 14.0. The molecule has 2 saturated heterocycles. The van der Waals surface area contributed by atoms with Crippen molar-refractivity contribution in [2.45, 2.75) is 45.2 Å². The fourth-order valence-electron chi connectivity index (χ4n) is 4.69. The van der Waals surface area contributed by atoms with E-state index in [-0.39, 0.29) is 42.3 Å². The number of aryl methyl sites for hydroxylation is 1. The number of aliphatic imine (C=N–C) groups is 1. The number of ether oxygens (including phenoxy) is 2. The molecule has 1 N–H and O–H groups in total. The lowest BCUT2D eigenvalue weighted by Crippen LogP contribution is -2.48. The molecule has 2 aliphatic rings. The van der Waals surface area contributed by atoms with Crippen LogP contribution in [0.2, 0.25) is 0 Å². The van der Waals surface area contributed by atoms with Crippen molar-refractivity contribution in [1.29, 1.82) is 0 Å². The van der Waals surface area contributed by atoms with E-state index in [1.54, 1.807) is 0 Å². The zero-order valence-electron chi connectivity index (χ0n) is 20.1. The average molecular weight is 569 g/mol. The van der Waals surface area contributed by atoms with E-state index in [1.165, 1.54) is 11.1 Å². The molecule has 1 aromatic heterocycles. The highest BCUT2D eigenvalue weighted by Crippen LogP contribution is 2.22. The zero-order valence-corrected chi connectivity index (χ0v) is 22.4. The number of benzene rings is 1. The van der Waals surface area contributed by atoms with Crippen LogP contribution in [0, 0.1) is 0 Å². The predicted molar refractivity (Wildman–Crippen MR) is 141 cm³/mol. The van der Waals surface area contributed by atoms with Crippen LogP contribution in [0.15, 0.2) is 41.7 Å². The van der Waals surface area contributed by atoms with Gasteiger partial charge in [0.15, 0.2) is 5.96 Å². The van der Waals surface area contributed by atoms with E-state index in [0.717, 1.165) is 50.8 Å². The Kier molecular flexibility index (Phi) is 9.54. The van der Waals surface area contributed by atoms with Crippen LogP contribution < -0.4 is 5.32 Å². The van der Waals surface area contributed by atoms with Gasteiger partial charge < -0.3 is 19.7 Å². The van der Waals surface area contributed by atoms with E-state index in [4.69, 9.17) is 9.47 Å². The molecule has 3 unspecified atom stereocenters. The van der Waals surface area contributed by atoms with E-state index in [9.17, 15) is 0 Å². The molecule has 0 spiro atoms. The zero-order chi connectivity index (χ0) is 22.5. The number of hydrogen-bond donors (Lipinski definition) is 1. The van der Waals surface area contributed by atoms with Gasteiger partial charge in [-0.2, -0.15) is 5.10 Å². The van der Waals surface area contributed by atoms with E-state index in [1.807, 2.05) is 31.2 Å². The van der Waals surface area contributed by atoms with Gasteiger partial charge in [0.05, 0.1) is 31.6 Å². The van der Waals surface area contributed by atoms with Gasteiger partial charge in [0.2, 0.25) is 0 Å². The molecule has 182 valence electrons. The van der Waals surface area contributed by atoms with Crippen LogP contribution in [0.4, 0.5) is 0 Å². The predicted octanol–water partition coefficient (Wildman–Crippen LogP) is 2.80. The van der Waals surface area contributed by atoms with Gasteiger partial charge in [0.25, 0.3) is 0 Å². The summed E-state index contributed by atoms with van der Waals surface area (Å²) >= 11 is 0. The lowest BCUT2D eigenvalue weighted by atomic mass is 10.1. The first-order valence-electron chi connectivity index (χ1n) is 11.5. The molecule has 0 aliphatic carbocycles. The smallest absolute Gasteiger partial charge is 0.194 e. The van der Waals surface area contributed by atoms with Crippen LogP contribution in [-0.2, 0) is 29.6 Å². The summed E-state index contributed by atoms with van der Waals surface area (Å²) in [6.07, 6.45) is 4.46. The van der Waals surface area contributed by atoms with Crippen molar-refractivity contribution in [3.63, 3.8) is 0 Å². The highest BCUT2D eigenvalue weighted by Gasteiger charge is 2.26. The van der Waals surface area contributed by atoms with Crippen molar-refractivity contribution in [2.75, 3.05) is 39.8 Å². The van der Waals surface area contributed by atoms with E-state index in [2.05, 4.69) is 63.3 Å². The van der Waals surface area contributed by atoms with Crippen LogP contribution in [-0.4, -0.2) is 77.6 Å². The summed E-state index contributed by atoms with van der Waals surface area (Å²) < 4.78 is 13.7. The number of morpholine rings is 2. The van der Waals surface area contributed by atoms with Crippen LogP contribution in [0.25, 0.3) is 0 Å². The molecule has 1 aromatic carbocycles. The lowest BCUT2D eigenvalue weighted by Gasteiger charge is -2.36. The Morgan fingerprint density at radius 1 is 1.15 bits per heavy atom. The van der Waals surface area contributed by atoms with Crippen molar-refractivity contribution in [1.82, 2.24) is 24.9 Å². The molecule has 3 atom stereocenters. The molecule has 0 saturated carbocycles. The number of rotatable bonds is 5. The number of aromatic nitrogens is 2. The van der Waals surface area contributed by atoms with E-state index < -0.39 is 0 Å². The van der Waals surface area contributed by atoms with Gasteiger partial charge >= 0.3 is 0 Å². The molecule has 3 heterocycles. The van der Waals surface area contributed by atoms with Gasteiger partial charge in [-0.1, -0.05) is 24.3 Å². The van der Waals surface area contributed by atoms with Crippen LogP contribution in [0.1, 0.15) is 36.6 Å². The first-order valence-corrected chi connectivity index (χ1v) is 11.5. The largest absolute Gasteiger partial charge is 0.373 e. The monoisotopic (exact) mass is 568 g/mol. The Labute approximate surface area is 214 Å². The molecule has 33 heavy (non-hydrogen) atoms. The number of hydrogen-bond acceptors (Lipinski definition) is 5. The topological polar surface area (TPSA) is 67.2 Å². The van der Waals surface area contributed by atoms with E-state index in [0.29, 0.717) is 6.61 Å². The number of nitrogens with one attached hydrogen (secondary N) is 1. The second kappa shape index (κ2) is 12.1. The normalized spacial score (nSPS) is 24.4. The summed E-state index contributed by atoms with van der Waals surface area (Å²) in [6, 6.07) is 8.68. The Morgan fingerprint density at radius 2 is 1.88 bits per heavy atom. The maximum absolute atomic E-state index is 5.99. The van der Waals surface area contributed by atoms with Gasteiger partial charge in [0.1, 0.15) is 6.10 Å². The third-order valence-corrected chi connectivity index (χ3v) is 6.12. The van der Waals surface area contributed by atoms with Gasteiger partial charge in [-0.3, -0.25) is 14.6 Å². The Bertz CT molecular complexity index is 910. The summed E-state index contributed by atoms with van der Waals surface area (Å²) in [5.41, 5.74) is 3.76. The number of guanidine groups is 1. The molecule has 0 bridgehead atoms. The first-order chi connectivity index (χ1) is 15.5. The van der Waals surface area contributed by atoms with Crippen molar-refractivity contribution < 1.29 is 9.47 Å². The minimum absolute atomic E-state index is 0. The molecule has 9 heteroatoms. The summed E-state index contributed by atoms with van der Waals surface area (Å²) in [7, 11) is 3.78. The molecule has 2 fully saturated rings. The second-order valence-corrected chi connectivity index (χ2v) is 8.87. The minimum atomic E-state index is 0. The Hall–Kier alpha value is -1.69. The Morgan fingerprint density at radius 3 is 2.55 bits per heavy atom. The molecule has 2 aromatic rings. The van der Waals surface area contributed by atoms with Crippen molar-refractivity contribution in [3.8, 4) is 0 Å². The second-order valence-electron chi connectivity index (χ2n) is 8.87. The number of halogens is 1. The molecular formula is C24H37IN6O2. The molecular weight excluding hydrogens is 531 g/mol. The third kappa shape index (κ3) is 6.91. The molecule has 0 radical (unpaired) electrons. The van der Waals surface area contributed by atoms with Crippen LogP contribution in [0.3, 0.4) is 0 Å². The summed E-state index contributed by atoms with van der Waals surface area (Å²) in [5, 5.41) is 7.87. The van der Waals surface area contributed by atoms with Crippen molar-refractivity contribution in [3.05, 3.63) is 53.3 Å². The maximum Gasteiger partial charge on any atom is 0.194 e. The van der Waals surface area contributed by atoms with Gasteiger partial charge in [-0.05, 0) is 25.0 Å². The van der Waals surface area contributed by atoms with Crippen LogP contribution in [0.5, 0.6) is 0 Å². The lowest BCUT2D eigenvalue weighted by molar-refractivity contribution is -0.0705. The molecule has 8 nitrogen and oxygen atoms in total. The van der Waals surface area contributed by atoms with Gasteiger partial charge in [-0.15, -0.1) is 24.0 Å². The summed E-state index contributed by atoms with van der Waals surface area (Å²) in [5.74, 6) is 0.908. The summed E-state index contributed by atoms with van der Waals surface area (Å²) in [4.78, 5) is 9.32. The first kappa shape index (κ1) is 25.9. The third-order valence-electron chi connectivity index (χ3n) is 6.12. The molecule has 2 aliphatic heterocycles. The molecule has 0 amide bonds. The fourth-order valence-corrected chi connectivity index (χ4v) is 4.69. The fraction of sp³-hybridized carbons (Fsp3) is 0.583. The maximum atomic E-state index is 5.99.